The van der Waals surface area contributed by atoms with Crippen LogP contribution in [0.3, 0.4) is 0 Å². The summed E-state index contributed by atoms with van der Waals surface area (Å²) in [6.07, 6.45) is 15.5. The molecule has 36 heavy (non-hydrogen) atoms. The van der Waals surface area contributed by atoms with E-state index in [1.807, 2.05) is 25.1 Å². The first-order valence-electron chi connectivity index (χ1n) is 14.3. The number of hydrogen-bond acceptors (Lipinski definition) is 5. The Bertz CT molecular complexity index is 650. The zero-order chi connectivity index (χ0) is 25.1. The molecule has 1 unspecified atom stereocenters. The fourth-order valence-electron chi connectivity index (χ4n) is 4.91. The number of benzene rings is 1. The summed E-state index contributed by atoms with van der Waals surface area (Å²) in [5, 5.41) is 11.9. The molecule has 1 aromatic rings. The van der Waals surface area contributed by atoms with Crippen molar-refractivity contribution >= 4 is 5.97 Å². The Morgan fingerprint density at radius 2 is 1.67 bits per heavy atom. The summed E-state index contributed by atoms with van der Waals surface area (Å²) in [7, 11) is 0. The van der Waals surface area contributed by atoms with Crippen LogP contribution in [0.25, 0.3) is 0 Å². The van der Waals surface area contributed by atoms with Crippen molar-refractivity contribution in [3.8, 4) is 0 Å². The Morgan fingerprint density at radius 3 is 2.25 bits per heavy atom. The van der Waals surface area contributed by atoms with Crippen molar-refractivity contribution in [2.24, 2.45) is 5.92 Å². The largest absolute Gasteiger partial charge is 1.00 e. The van der Waals surface area contributed by atoms with Gasteiger partial charge in [-0.25, -0.2) is 0 Å². The summed E-state index contributed by atoms with van der Waals surface area (Å²) in [4.78, 5) is 11.9. The van der Waals surface area contributed by atoms with Crippen molar-refractivity contribution in [1.82, 2.24) is 0 Å². The van der Waals surface area contributed by atoms with E-state index in [2.05, 4.69) is 19.1 Å². The summed E-state index contributed by atoms with van der Waals surface area (Å²) in [5.74, 6) is -1.70. The molecule has 1 fully saturated rings. The van der Waals surface area contributed by atoms with Crippen molar-refractivity contribution in [3.63, 3.8) is 0 Å². The predicted molar refractivity (Wildman–Crippen MR) is 139 cm³/mol. The van der Waals surface area contributed by atoms with E-state index in [0.717, 1.165) is 37.7 Å². The molecule has 200 valence electrons. The molecule has 0 spiro atoms. The van der Waals surface area contributed by atoms with Gasteiger partial charge in [0, 0.05) is 24.9 Å². The standard InChI is InChI=1S/C30H50O5.Na/c1-3-5-6-7-8-9-10-11-15-20-26(34-24-25-18-13-12-14-19-25)23-28(27(4-2)30(31)32)35-29-21-16-17-22-33-29;/h12-14,18-19,26-29H,3-11,15-17,20-24H2,1-2H3,(H,31,32);/q;+1/p-1/t26-,27+,28+,29?;/m1./s1. The van der Waals surface area contributed by atoms with Gasteiger partial charge in [-0.1, -0.05) is 102 Å². The van der Waals surface area contributed by atoms with Crippen molar-refractivity contribution in [1.29, 1.82) is 0 Å². The molecule has 2 rings (SSSR count). The number of aliphatic carboxylic acids is 1. The molecule has 1 aliphatic heterocycles. The topological polar surface area (TPSA) is 67.8 Å². The maximum atomic E-state index is 11.9. The number of carbonyl (C=O) groups excluding carboxylic acids is 1. The van der Waals surface area contributed by atoms with E-state index in [4.69, 9.17) is 14.2 Å². The van der Waals surface area contributed by atoms with Gasteiger partial charge < -0.3 is 24.1 Å². The summed E-state index contributed by atoms with van der Waals surface area (Å²) < 4.78 is 18.4. The second-order valence-corrected chi connectivity index (χ2v) is 10.1. The van der Waals surface area contributed by atoms with Crippen LogP contribution in [-0.4, -0.2) is 31.1 Å². The van der Waals surface area contributed by atoms with Gasteiger partial charge in [0.05, 0.1) is 18.8 Å². The Labute approximate surface area is 242 Å². The van der Waals surface area contributed by atoms with Gasteiger partial charge >= 0.3 is 29.6 Å². The van der Waals surface area contributed by atoms with Crippen LogP contribution < -0.4 is 34.7 Å². The fourth-order valence-corrected chi connectivity index (χ4v) is 4.91. The first-order valence-corrected chi connectivity index (χ1v) is 14.3. The fraction of sp³-hybridized carbons (Fsp3) is 0.767. The van der Waals surface area contributed by atoms with Gasteiger partial charge in [0.2, 0.25) is 0 Å². The van der Waals surface area contributed by atoms with Crippen LogP contribution in [-0.2, 0) is 25.6 Å². The maximum Gasteiger partial charge on any atom is 1.00 e. The van der Waals surface area contributed by atoms with Crippen LogP contribution in [0.4, 0.5) is 0 Å². The van der Waals surface area contributed by atoms with E-state index in [9.17, 15) is 9.90 Å². The van der Waals surface area contributed by atoms with Crippen LogP contribution in [0, 0.1) is 5.92 Å². The van der Waals surface area contributed by atoms with Crippen LogP contribution in [0.2, 0.25) is 0 Å². The molecule has 0 amide bonds. The quantitative estimate of drug-likeness (QED) is 0.197. The SMILES string of the molecule is CCCCCCCCCCC[C@H](C[C@H](OC1CCCCO1)[C@H](CC)C(=O)[O-])OCc1ccccc1.[Na+]. The molecule has 0 N–H and O–H groups in total. The molecule has 1 aliphatic rings. The number of ether oxygens (including phenoxy) is 3. The van der Waals surface area contributed by atoms with Gasteiger partial charge in [-0.3, -0.25) is 0 Å². The Morgan fingerprint density at radius 1 is 1.00 bits per heavy atom. The van der Waals surface area contributed by atoms with Gasteiger partial charge in [-0.2, -0.15) is 0 Å². The molecule has 0 saturated carbocycles. The minimum atomic E-state index is -1.04. The monoisotopic (exact) mass is 512 g/mol. The molecule has 1 saturated heterocycles. The average Bonchev–Trinajstić information content (AvgIpc) is 2.87. The Kier molecular flexibility index (Phi) is 20.1. The molecule has 4 atom stereocenters. The van der Waals surface area contributed by atoms with E-state index in [0.29, 0.717) is 26.1 Å². The van der Waals surface area contributed by atoms with Crippen molar-refractivity contribution < 1.29 is 53.7 Å². The van der Waals surface area contributed by atoms with E-state index in [-0.39, 0.29) is 42.0 Å². The third-order valence-electron chi connectivity index (χ3n) is 7.11. The number of carboxylic acids is 1. The van der Waals surface area contributed by atoms with Gasteiger partial charge in [0.25, 0.3) is 0 Å². The third kappa shape index (κ3) is 14.5. The van der Waals surface area contributed by atoms with E-state index >= 15 is 0 Å². The van der Waals surface area contributed by atoms with Crippen molar-refractivity contribution in [2.75, 3.05) is 6.61 Å². The molecule has 1 heterocycles. The Hall–Kier alpha value is -0.430. The Balaban J connectivity index is 0.00000648. The second-order valence-electron chi connectivity index (χ2n) is 10.1. The molecule has 5 nitrogen and oxygen atoms in total. The third-order valence-corrected chi connectivity index (χ3v) is 7.11. The molecule has 6 heteroatoms. The molecule has 0 bridgehead atoms. The first kappa shape index (κ1) is 33.6. The second kappa shape index (κ2) is 21.5. The zero-order valence-electron chi connectivity index (χ0n) is 23.3. The van der Waals surface area contributed by atoms with E-state index < -0.39 is 18.0 Å². The number of carbonyl (C=O) groups is 1. The van der Waals surface area contributed by atoms with Crippen molar-refractivity contribution in [3.05, 3.63) is 35.9 Å². The molecule has 0 radical (unpaired) electrons. The van der Waals surface area contributed by atoms with Crippen LogP contribution in [0.5, 0.6) is 0 Å². The van der Waals surface area contributed by atoms with E-state index in [1.54, 1.807) is 0 Å². The zero-order valence-corrected chi connectivity index (χ0v) is 25.3. The summed E-state index contributed by atoms with van der Waals surface area (Å²) in [6.45, 7) is 5.34. The normalized spacial score (nSPS) is 18.2. The average molecular weight is 513 g/mol. The van der Waals surface area contributed by atoms with Crippen LogP contribution in [0.1, 0.15) is 116 Å². The number of rotatable bonds is 20. The number of unbranched alkanes of at least 4 members (excludes halogenated alkanes) is 8. The smallest absolute Gasteiger partial charge is 0.550 e. The molecular formula is C30H49NaO5. The minimum absolute atomic E-state index is 0. The summed E-state index contributed by atoms with van der Waals surface area (Å²) >= 11 is 0. The van der Waals surface area contributed by atoms with Gasteiger partial charge in [-0.15, -0.1) is 0 Å². The molecule has 1 aromatic carbocycles. The maximum absolute atomic E-state index is 11.9. The summed E-state index contributed by atoms with van der Waals surface area (Å²) in [6, 6.07) is 10.2. The van der Waals surface area contributed by atoms with E-state index in [1.165, 1.54) is 51.4 Å². The van der Waals surface area contributed by atoms with Gasteiger partial charge in [0.1, 0.15) is 0 Å². The molecular weight excluding hydrogens is 463 g/mol. The first-order chi connectivity index (χ1) is 17.1. The molecule has 0 aromatic heterocycles. The molecule has 0 aliphatic carbocycles. The van der Waals surface area contributed by atoms with Crippen LogP contribution >= 0.6 is 0 Å². The number of carboxylic acid groups (broad SMARTS) is 1. The predicted octanol–water partition coefficient (Wildman–Crippen LogP) is 3.57. The van der Waals surface area contributed by atoms with Crippen molar-refractivity contribution in [2.45, 2.75) is 135 Å². The number of hydrogen-bond donors (Lipinski definition) is 0. The van der Waals surface area contributed by atoms with Gasteiger partial charge in [-0.05, 0) is 37.7 Å². The summed E-state index contributed by atoms with van der Waals surface area (Å²) in [5.41, 5.74) is 1.13. The minimum Gasteiger partial charge on any atom is -0.550 e. The van der Waals surface area contributed by atoms with Gasteiger partial charge in [0.15, 0.2) is 6.29 Å². The van der Waals surface area contributed by atoms with Crippen LogP contribution in [0.15, 0.2) is 30.3 Å².